The molecule has 0 aliphatic heterocycles. The van der Waals surface area contributed by atoms with Crippen LogP contribution in [0, 0.1) is 0 Å². The van der Waals surface area contributed by atoms with Gasteiger partial charge in [-0.25, -0.2) is 0 Å². The van der Waals surface area contributed by atoms with Crippen molar-refractivity contribution in [2.45, 2.75) is 0 Å². The molecule has 2 heterocycles. The van der Waals surface area contributed by atoms with Crippen molar-refractivity contribution >= 4 is 75.9 Å². The van der Waals surface area contributed by atoms with Gasteiger partial charge >= 0.3 is 0 Å². The van der Waals surface area contributed by atoms with Gasteiger partial charge in [0.2, 0.25) is 0 Å². The summed E-state index contributed by atoms with van der Waals surface area (Å²) in [6, 6.07) is 66.7. The van der Waals surface area contributed by atoms with E-state index in [1.165, 1.54) is 98.4 Å². The molecule has 0 spiro atoms. The summed E-state index contributed by atoms with van der Waals surface area (Å²) in [6.45, 7) is 0. The molecule has 0 amide bonds. The molecule has 2 heteroatoms. The van der Waals surface area contributed by atoms with Crippen LogP contribution in [0.15, 0.2) is 182 Å². The Morgan fingerprint density at radius 2 is 0.760 bits per heavy atom. The fourth-order valence-corrected chi connectivity index (χ4v) is 8.51. The minimum absolute atomic E-state index is 1.17. The number of benzene rings is 9. The topological polar surface area (TPSA) is 9.86 Å². The number of aromatic nitrogens is 2. The molecule has 232 valence electrons. The van der Waals surface area contributed by atoms with Crippen LogP contribution in [0.4, 0.5) is 0 Å². The quantitative estimate of drug-likeness (QED) is 0.171. The van der Waals surface area contributed by atoms with Crippen molar-refractivity contribution in [3.05, 3.63) is 182 Å². The van der Waals surface area contributed by atoms with Gasteiger partial charge in [-0.1, -0.05) is 133 Å². The van der Waals surface area contributed by atoms with Crippen molar-refractivity contribution in [3.8, 4) is 22.5 Å². The third kappa shape index (κ3) is 3.79. The van der Waals surface area contributed by atoms with Crippen LogP contribution in [0.5, 0.6) is 0 Å². The lowest BCUT2D eigenvalue weighted by molar-refractivity contribution is 1.19. The molecule has 9 aromatic carbocycles. The predicted octanol–water partition coefficient (Wildman–Crippen LogP) is 13.0. The van der Waals surface area contributed by atoms with Crippen LogP contribution in [0.1, 0.15) is 0 Å². The van der Waals surface area contributed by atoms with E-state index in [0.717, 1.165) is 0 Å². The summed E-state index contributed by atoms with van der Waals surface area (Å²) < 4.78 is 4.90. The summed E-state index contributed by atoms with van der Waals surface area (Å²) in [6.07, 6.45) is 0. The van der Waals surface area contributed by atoms with E-state index < -0.39 is 0 Å². The molecule has 0 atom stereocenters. The van der Waals surface area contributed by atoms with Crippen LogP contribution >= 0.6 is 0 Å². The van der Waals surface area contributed by atoms with Gasteiger partial charge in [0.25, 0.3) is 0 Å². The van der Waals surface area contributed by atoms with Crippen LogP contribution in [-0.2, 0) is 0 Å². The van der Waals surface area contributed by atoms with Gasteiger partial charge in [0.05, 0.1) is 22.1 Å². The molecule has 0 radical (unpaired) electrons. The summed E-state index contributed by atoms with van der Waals surface area (Å²) in [5, 5.41) is 12.7. The standard InChI is InChI=1S/C48H30N2/c1-3-14-34(15-4-1)49-44-27-24-32(29-42(44)41-26-23-31-13-7-8-18-36(31)47(41)49)33-25-28-45-43(30-33)46-39-21-11-9-19-37(39)38-20-10-12-22-40(38)48(46)50(45)35-16-5-2-6-17-35/h1-30H. The van der Waals surface area contributed by atoms with E-state index in [2.05, 4.69) is 191 Å². The van der Waals surface area contributed by atoms with E-state index in [4.69, 9.17) is 0 Å². The van der Waals surface area contributed by atoms with Gasteiger partial charge in [-0.3, -0.25) is 0 Å². The van der Waals surface area contributed by atoms with Gasteiger partial charge in [0, 0.05) is 43.7 Å². The Kier molecular flexibility index (Phi) is 5.70. The largest absolute Gasteiger partial charge is 0.309 e. The minimum atomic E-state index is 1.17. The normalized spacial score (nSPS) is 12.0. The van der Waals surface area contributed by atoms with E-state index in [9.17, 15) is 0 Å². The van der Waals surface area contributed by atoms with Gasteiger partial charge in [-0.15, -0.1) is 0 Å². The molecule has 11 rings (SSSR count). The Hall–Kier alpha value is -6.64. The number of nitrogens with zero attached hydrogens (tertiary/aromatic N) is 2. The zero-order valence-electron chi connectivity index (χ0n) is 27.2. The first kappa shape index (κ1) is 27.3. The fourth-order valence-electron chi connectivity index (χ4n) is 8.51. The van der Waals surface area contributed by atoms with Gasteiger partial charge < -0.3 is 9.13 Å². The first-order valence-electron chi connectivity index (χ1n) is 17.3. The molecule has 0 aliphatic rings. The highest BCUT2D eigenvalue weighted by Crippen LogP contribution is 2.44. The molecule has 11 aromatic rings. The van der Waals surface area contributed by atoms with Gasteiger partial charge in [0.15, 0.2) is 0 Å². The lowest BCUT2D eigenvalue weighted by Gasteiger charge is -2.12. The van der Waals surface area contributed by atoms with E-state index in [1.807, 2.05) is 0 Å². The lowest BCUT2D eigenvalue weighted by atomic mass is 9.95. The number of fused-ring (bicyclic) bond motifs is 13. The highest BCUT2D eigenvalue weighted by atomic mass is 15.0. The zero-order valence-corrected chi connectivity index (χ0v) is 27.2. The number of hydrogen-bond donors (Lipinski definition) is 0. The zero-order chi connectivity index (χ0) is 32.8. The average molecular weight is 635 g/mol. The van der Waals surface area contributed by atoms with Crippen LogP contribution in [0.3, 0.4) is 0 Å². The molecule has 0 saturated carbocycles. The number of para-hydroxylation sites is 2. The molecule has 0 N–H and O–H groups in total. The summed E-state index contributed by atoms with van der Waals surface area (Å²) in [5.41, 5.74) is 9.70. The maximum Gasteiger partial charge on any atom is 0.0625 e. The van der Waals surface area contributed by atoms with Crippen LogP contribution in [-0.4, -0.2) is 9.13 Å². The van der Waals surface area contributed by atoms with Crippen molar-refractivity contribution in [1.82, 2.24) is 9.13 Å². The molecule has 2 aromatic heterocycles. The molecule has 0 fully saturated rings. The number of rotatable bonds is 3. The molecule has 0 bridgehead atoms. The minimum Gasteiger partial charge on any atom is -0.309 e. The van der Waals surface area contributed by atoms with Crippen LogP contribution in [0.2, 0.25) is 0 Å². The average Bonchev–Trinajstić information content (AvgIpc) is 3.72. The number of hydrogen-bond acceptors (Lipinski definition) is 0. The predicted molar refractivity (Wildman–Crippen MR) is 213 cm³/mol. The van der Waals surface area contributed by atoms with E-state index >= 15 is 0 Å². The third-order valence-electron chi connectivity index (χ3n) is 10.6. The Labute approximate surface area is 288 Å². The lowest BCUT2D eigenvalue weighted by Crippen LogP contribution is -1.94. The second-order valence-electron chi connectivity index (χ2n) is 13.3. The Morgan fingerprint density at radius 1 is 0.280 bits per heavy atom. The maximum absolute atomic E-state index is 2.46. The third-order valence-corrected chi connectivity index (χ3v) is 10.6. The molecule has 50 heavy (non-hydrogen) atoms. The van der Waals surface area contributed by atoms with E-state index in [-0.39, 0.29) is 0 Å². The van der Waals surface area contributed by atoms with Crippen molar-refractivity contribution in [2.75, 3.05) is 0 Å². The van der Waals surface area contributed by atoms with Crippen molar-refractivity contribution in [3.63, 3.8) is 0 Å². The first-order valence-corrected chi connectivity index (χ1v) is 17.3. The SMILES string of the molecule is c1ccc(-n2c3ccc(-c4ccc5c(c4)c4c6ccccc6c6ccccc6c4n5-c4ccccc4)cc3c3ccc4ccccc4c32)cc1. The molecule has 2 nitrogen and oxygen atoms in total. The Morgan fingerprint density at radius 3 is 1.44 bits per heavy atom. The molecular formula is C48H30N2. The van der Waals surface area contributed by atoms with Crippen LogP contribution < -0.4 is 0 Å². The fraction of sp³-hybridized carbons (Fsp3) is 0. The summed E-state index contributed by atoms with van der Waals surface area (Å²) >= 11 is 0. The molecule has 0 aliphatic carbocycles. The second-order valence-corrected chi connectivity index (χ2v) is 13.3. The van der Waals surface area contributed by atoms with Gasteiger partial charge in [0.1, 0.15) is 0 Å². The van der Waals surface area contributed by atoms with Crippen molar-refractivity contribution < 1.29 is 0 Å². The summed E-state index contributed by atoms with van der Waals surface area (Å²) in [4.78, 5) is 0. The molecule has 0 unspecified atom stereocenters. The summed E-state index contributed by atoms with van der Waals surface area (Å²) in [7, 11) is 0. The van der Waals surface area contributed by atoms with Crippen LogP contribution in [0.25, 0.3) is 98.4 Å². The van der Waals surface area contributed by atoms with E-state index in [1.54, 1.807) is 0 Å². The Balaban J connectivity index is 1.23. The maximum atomic E-state index is 2.46. The smallest absolute Gasteiger partial charge is 0.0625 e. The van der Waals surface area contributed by atoms with Gasteiger partial charge in [-0.05, 0) is 81.2 Å². The highest BCUT2D eigenvalue weighted by molar-refractivity contribution is 6.32. The summed E-state index contributed by atoms with van der Waals surface area (Å²) in [5.74, 6) is 0. The first-order chi connectivity index (χ1) is 24.8. The van der Waals surface area contributed by atoms with Crippen molar-refractivity contribution in [1.29, 1.82) is 0 Å². The molecular weight excluding hydrogens is 605 g/mol. The monoisotopic (exact) mass is 634 g/mol. The van der Waals surface area contributed by atoms with Gasteiger partial charge in [-0.2, -0.15) is 0 Å². The van der Waals surface area contributed by atoms with Crippen molar-refractivity contribution in [2.24, 2.45) is 0 Å². The second kappa shape index (κ2) is 10.4. The molecule has 0 saturated heterocycles. The highest BCUT2D eigenvalue weighted by Gasteiger charge is 2.20. The Bertz CT molecular complexity index is 3130. The van der Waals surface area contributed by atoms with E-state index in [0.29, 0.717) is 0 Å².